The summed E-state index contributed by atoms with van der Waals surface area (Å²) in [5.41, 5.74) is 2.93. The molecule has 0 aliphatic heterocycles. The molecule has 9 heteroatoms. The van der Waals surface area contributed by atoms with E-state index in [9.17, 15) is 10.1 Å². The van der Waals surface area contributed by atoms with Crippen LogP contribution in [0.4, 0.5) is 11.6 Å². The summed E-state index contributed by atoms with van der Waals surface area (Å²) < 4.78 is 6.14. The van der Waals surface area contributed by atoms with Crippen LogP contribution in [-0.2, 0) is 0 Å². The second kappa shape index (κ2) is 5.80. The Hall–Kier alpha value is -2.26. The molecule has 3 N–H and O–H groups in total. The highest BCUT2D eigenvalue weighted by molar-refractivity contribution is 9.10. The van der Waals surface area contributed by atoms with Gasteiger partial charge < -0.3 is 4.74 Å². The molecule has 1 heterocycles. The monoisotopic (exact) mass is 339 g/mol. The molecule has 0 amide bonds. The number of aromatic nitrogens is 2. The van der Waals surface area contributed by atoms with Gasteiger partial charge in [0, 0.05) is 12.1 Å². The number of rotatable bonds is 4. The minimum atomic E-state index is -0.464. The van der Waals surface area contributed by atoms with E-state index in [1.807, 2.05) is 0 Å². The molecule has 2 rings (SSSR count). The number of hydrogen-bond acceptors (Lipinski definition) is 7. The number of nitrogens with one attached hydrogen (secondary N) is 1. The average molecular weight is 340 g/mol. The molecule has 0 saturated carbocycles. The molecule has 0 saturated heterocycles. The number of ether oxygens (including phenoxy) is 1. The highest BCUT2D eigenvalue weighted by Gasteiger charge is 2.12. The third kappa shape index (κ3) is 3.00. The van der Waals surface area contributed by atoms with Gasteiger partial charge in [-0.25, -0.2) is 10.8 Å². The van der Waals surface area contributed by atoms with E-state index in [-0.39, 0.29) is 17.5 Å². The number of hydrazine groups is 1. The Bertz CT molecular complexity index is 665. The fraction of sp³-hybridized carbons (Fsp3) is 0.0909. The number of anilines is 1. The molecule has 104 valence electrons. The maximum absolute atomic E-state index is 10.7. The van der Waals surface area contributed by atoms with Gasteiger partial charge in [-0.15, -0.1) is 0 Å². The Morgan fingerprint density at radius 3 is 2.85 bits per heavy atom. The SMILES string of the molecule is Cc1cc([N+](=O)[O-])ccc1Oc1nc(NN)ncc1Br. The Kier molecular flexibility index (Phi) is 4.11. The van der Waals surface area contributed by atoms with Gasteiger partial charge in [-0.1, -0.05) is 0 Å². The predicted molar refractivity (Wildman–Crippen MR) is 75.4 cm³/mol. The van der Waals surface area contributed by atoms with Crippen LogP contribution in [-0.4, -0.2) is 14.9 Å². The van der Waals surface area contributed by atoms with Crippen molar-refractivity contribution >= 4 is 27.6 Å². The van der Waals surface area contributed by atoms with E-state index in [1.54, 1.807) is 6.92 Å². The first-order valence-electron chi connectivity index (χ1n) is 5.43. The molecule has 0 atom stereocenters. The summed E-state index contributed by atoms with van der Waals surface area (Å²) in [6.07, 6.45) is 1.48. The van der Waals surface area contributed by atoms with Crippen molar-refractivity contribution in [1.29, 1.82) is 0 Å². The number of non-ortho nitro benzene ring substituents is 1. The Balaban J connectivity index is 2.32. The highest BCUT2D eigenvalue weighted by Crippen LogP contribution is 2.31. The van der Waals surface area contributed by atoms with Crippen LogP contribution in [0.2, 0.25) is 0 Å². The molecule has 0 aliphatic rings. The van der Waals surface area contributed by atoms with Gasteiger partial charge >= 0.3 is 0 Å². The number of nitrogens with zero attached hydrogens (tertiary/aromatic N) is 3. The number of aryl methyl sites for hydroxylation is 1. The molecular formula is C11H10BrN5O3. The first-order chi connectivity index (χ1) is 9.51. The van der Waals surface area contributed by atoms with Gasteiger partial charge in [0.25, 0.3) is 5.69 Å². The predicted octanol–water partition coefficient (Wildman–Crippen LogP) is 2.53. The average Bonchev–Trinajstić information content (AvgIpc) is 2.43. The summed E-state index contributed by atoms with van der Waals surface area (Å²) in [5.74, 6) is 6.13. The van der Waals surface area contributed by atoms with Crippen molar-refractivity contribution in [2.45, 2.75) is 6.92 Å². The molecule has 0 bridgehead atoms. The van der Waals surface area contributed by atoms with Gasteiger partial charge in [-0.05, 0) is 34.5 Å². The van der Waals surface area contributed by atoms with E-state index in [0.717, 1.165) is 0 Å². The van der Waals surface area contributed by atoms with Crippen LogP contribution in [0.1, 0.15) is 5.56 Å². The third-order valence-corrected chi connectivity index (χ3v) is 2.96. The lowest BCUT2D eigenvalue weighted by molar-refractivity contribution is -0.384. The summed E-state index contributed by atoms with van der Waals surface area (Å²) in [4.78, 5) is 18.1. The molecule has 20 heavy (non-hydrogen) atoms. The molecule has 0 unspecified atom stereocenters. The molecule has 0 radical (unpaired) electrons. The zero-order chi connectivity index (χ0) is 14.7. The van der Waals surface area contributed by atoms with Crippen molar-refractivity contribution < 1.29 is 9.66 Å². The van der Waals surface area contributed by atoms with Crippen LogP contribution in [0, 0.1) is 17.0 Å². The number of nitro groups is 1. The lowest BCUT2D eigenvalue weighted by Crippen LogP contribution is -2.10. The van der Waals surface area contributed by atoms with Crippen molar-refractivity contribution in [3.05, 3.63) is 44.5 Å². The number of halogens is 1. The lowest BCUT2D eigenvalue weighted by Gasteiger charge is -2.09. The lowest BCUT2D eigenvalue weighted by atomic mass is 10.2. The summed E-state index contributed by atoms with van der Waals surface area (Å²) in [6, 6.07) is 4.30. The van der Waals surface area contributed by atoms with Crippen molar-refractivity contribution in [2.24, 2.45) is 5.84 Å². The van der Waals surface area contributed by atoms with Gasteiger partial charge in [0.2, 0.25) is 11.8 Å². The van der Waals surface area contributed by atoms with Crippen molar-refractivity contribution in [3.63, 3.8) is 0 Å². The zero-order valence-corrected chi connectivity index (χ0v) is 11.9. The molecular weight excluding hydrogens is 330 g/mol. The molecule has 1 aromatic carbocycles. The molecule has 8 nitrogen and oxygen atoms in total. The Morgan fingerprint density at radius 1 is 1.50 bits per heavy atom. The van der Waals surface area contributed by atoms with E-state index < -0.39 is 4.92 Å². The standard InChI is InChI=1S/C11H10BrN5O3/c1-6-4-7(17(18)19)2-3-9(6)20-10-8(12)5-14-11(15-10)16-13/h2-5H,13H2,1H3,(H,14,15,16). The minimum Gasteiger partial charge on any atom is -0.437 e. The molecule has 0 aliphatic carbocycles. The Labute approximate surface area is 122 Å². The maximum atomic E-state index is 10.7. The smallest absolute Gasteiger partial charge is 0.269 e. The summed E-state index contributed by atoms with van der Waals surface area (Å²) in [5, 5.41) is 10.7. The van der Waals surface area contributed by atoms with E-state index in [2.05, 4.69) is 31.3 Å². The quantitative estimate of drug-likeness (QED) is 0.499. The first kappa shape index (κ1) is 14.2. The van der Waals surface area contributed by atoms with Crippen LogP contribution >= 0.6 is 15.9 Å². The van der Waals surface area contributed by atoms with E-state index >= 15 is 0 Å². The van der Waals surface area contributed by atoms with Crippen LogP contribution in [0.5, 0.6) is 11.6 Å². The second-order valence-corrected chi connectivity index (χ2v) is 4.65. The molecule has 0 spiro atoms. The Morgan fingerprint density at radius 2 is 2.25 bits per heavy atom. The minimum absolute atomic E-state index is 0.000849. The van der Waals surface area contributed by atoms with Crippen LogP contribution < -0.4 is 16.0 Å². The number of hydrogen-bond donors (Lipinski definition) is 2. The fourth-order valence-corrected chi connectivity index (χ4v) is 1.73. The van der Waals surface area contributed by atoms with E-state index in [4.69, 9.17) is 10.6 Å². The van der Waals surface area contributed by atoms with Gasteiger partial charge in [0.15, 0.2) is 0 Å². The van der Waals surface area contributed by atoms with E-state index in [0.29, 0.717) is 15.8 Å². The van der Waals surface area contributed by atoms with Crippen LogP contribution in [0.25, 0.3) is 0 Å². The van der Waals surface area contributed by atoms with E-state index in [1.165, 1.54) is 24.4 Å². The summed E-state index contributed by atoms with van der Waals surface area (Å²) in [6.45, 7) is 1.71. The second-order valence-electron chi connectivity index (χ2n) is 3.80. The maximum Gasteiger partial charge on any atom is 0.269 e. The van der Waals surface area contributed by atoms with Gasteiger partial charge in [-0.2, -0.15) is 4.98 Å². The highest BCUT2D eigenvalue weighted by atomic mass is 79.9. The summed E-state index contributed by atoms with van der Waals surface area (Å²) in [7, 11) is 0. The molecule has 2 aromatic rings. The van der Waals surface area contributed by atoms with Crippen LogP contribution in [0.3, 0.4) is 0 Å². The number of nitrogen functional groups attached to an aromatic ring is 1. The van der Waals surface area contributed by atoms with Crippen molar-refractivity contribution in [1.82, 2.24) is 9.97 Å². The largest absolute Gasteiger partial charge is 0.437 e. The topological polar surface area (TPSA) is 116 Å². The van der Waals surface area contributed by atoms with Crippen LogP contribution in [0.15, 0.2) is 28.9 Å². The number of nitro benzene ring substituents is 1. The summed E-state index contributed by atoms with van der Waals surface area (Å²) >= 11 is 3.25. The zero-order valence-electron chi connectivity index (χ0n) is 10.3. The van der Waals surface area contributed by atoms with Gasteiger partial charge in [-0.3, -0.25) is 15.5 Å². The van der Waals surface area contributed by atoms with Gasteiger partial charge in [0.1, 0.15) is 5.75 Å². The van der Waals surface area contributed by atoms with Crippen molar-refractivity contribution in [2.75, 3.05) is 5.43 Å². The molecule has 0 fully saturated rings. The molecule has 1 aromatic heterocycles. The van der Waals surface area contributed by atoms with Crippen molar-refractivity contribution in [3.8, 4) is 11.6 Å². The normalized spacial score (nSPS) is 10.2. The number of nitrogens with two attached hydrogens (primary N) is 1. The van der Waals surface area contributed by atoms with Gasteiger partial charge in [0.05, 0.1) is 15.6 Å². The number of benzene rings is 1. The fourth-order valence-electron chi connectivity index (χ4n) is 1.46. The first-order valence-corrected chi connectivity index (χ1v) is 6.22. The third-order valence-electron chi connectivity index (χ3n) is 2.42.